The number of phenolic OH excluding ortho intramolecular Hbond substituents is 2. The van der Waals surface area contributed by atoms with Crippen LogP contribution in [0.1, 0.15) is 22.3 Å². The normalized spacial score (nSPS) is 12.6. The average molecular weight is 332 g/mol. The highest BCUT2D eigenvalue weighted by Crippen LogP contribution is 2.40. The lowest BCUT2D eigenvalue weighted by molar-refractivity contribution is 0.427. The van der Waals surface area contributed by atoms with Crippen LogP contribution in [0.15, 0.2) is 60.7 Å². The monoisotopic (exact) mass is 332 g/mol. The number of aryl methyl sites for hydroxylation is 3. The molecule has 0 amide bonds. The second-order valence-electron chi connectivity index (χ2n) is 6.47. The van der Waals surface area contributed by atoms with Crippen molar-refractivity contribution in [3.8, 4) is 23.0 Å². The maximum Gasteiger partial charge on any atom is 0.138 e. The Hall–Kier alpha value is -2.94. The predicted molar refractivity (Wildman–Crippen MR) is 97.5 cm³/mol. The number of aromatic hydroxyl groups is 2. The zero-order valence-electron chi connectivity index (χ0n) is 13.9. The van der Waals surface area contributed by atoms with Gasteiger partial charge < -0.3 is 14.9 Å². The van der Waals surface area contributed by atoms with Gasteiger partial charge >= 0.3 is 0 Å². The van der Waals surface area contributed by atoms with Gasteiger partial charge in [-0.15, -0.1) is 0 Å². The Morgan fingerprint density at radius 1 is 0.760 bits per heavy atom. The second-order valence-corrected chi connectivity index (χ2v) is 6.47. The summed E-state index contributed by atoms with van der Waals surface area (Å²) in [6.07, 6.45) is 3.49. The van der Waals surface area contributed by atoms with E-state index in [-0.39, 0.29) is 11.5 Å². The summed E-state index contributed by atoms with van der Waals surface area (Å²) in [6.45, 7) is 0. The molecule has 0 saturated heterocycles. The molecule has 0 unspecified atom stereocenters. The van der Waals surface area contributed by atoms with E-state index in [0.29, 0.717) is 12.2 Å². The van der Waals surface area contributed by atoms with Crippen LogP contribution in [0.5, 0.6) is 23.0 Å². The van der Waals surface area contributed by atoms with Gasteiger partial charge in [0.05, 0.1) is 0 Å². The molecule has 0 fully saturated rings. The van der Waals surface area contributed by atoms with Crippen LogP contribution in [-0.4, -0.2) is 10.2 Å². The molecule has 0 spiro atoms. The van der Waals surface area contributed by atoms with E-state index in [0.717, 1.165) is 36.1 Å². The fourth-order valence-electron chi connectivity index (χ4n) is 3.35. The lowest BCUT2D eigenvalue weighted by Gasteiger charge is -2.11. The first-order chi connectivity index (χ1) is 12.2. The van der Waals surface area contributed by atoms with Gasteiger partial charge in [-0.25, -0.2) is 0 Å². The molecule has 126 valence electrons. The van der Waals surface area contributed by atoms with Crippen molar-refractivity contribution in [2.75, 3.05) is 0 Å². The van der Waals surface area contributed by atoms with E-state index in [1.54, 1.807) is 6.07 Å². The van der Waals surface area contributed by atoms with Gasteiger partial charge in [0.25, 0.3) is 0 Å². The topological polar surface area (TPSA) is 49.7 Å². The minimum absolute atomic E-state index is 0.0131. The first kappa shape index (κ1) is 15.6. The van der Waals surface area contributed by atoms with Crippen LogP contribution in [0, 0.1) is 0 Å². The molecule has 3 nitrogen and oxygen atoms in total. The molecule has 3 aromatic carbocycles. The molecule has 1 aliphatic rings. The Kier molecular flexibility index (Phi) is 4.06. The summed E-state index contributed by atoms with van der Waals surface area (Å²) in [5.74, 6) is 1.44. The highest BCUT2D eigenvalue weighted by Gasteiger charge is 2.19. The molecular weight excluding hydrogens is 312 g/mol. The summed E-state index contributed by atoms with van der Waals surface area (Å²) >= 11 is 0. The molecule has 0 bridgehead atoms. The smallest absolute Gasteiger partial charge is 0.138 e. The van der Waals surface area contributed by atoms with E-state index in [1.807, 2.05) is 12.1 Å². The van der Waals surface area contributed by atoms with Gasteiger partial charge in [-0.05, 0) is 48.4 Å². The average Bonchev–Trinajstić information content (AvgIpc) is 2.79. The number of rotatable bonds is 3. The molecule has 0 atom stereocenters. The summed E-state index contributed by atoms with van der Waals surface area (Å²) in [5, 5.41) is 19.8. The molecule has 1 aliphatic heterocycles. The molecule has 4 rings (SSSR count). The fourth-order valence-corrected chi connectivity index (χ4v) is 3.35. The SMILES string of the molecule is Oc1cc(O)c2c(c1)Oc1ccc(CCc3ccccc3)cc1CC2. The van der Waals surface area contributed by atoms with Gasteiger partial charge in [-0.2, -0.15) is 0 Å². The van der Waals surface area contributed by atoms with Gasteiger partial charge in [0.2, 0.25) is 0 Å². The molecule has 0 aromatic heterocycles. The van der Waals surface area contributed by atoms with Crippen LogP contribution in [0.25, 0.3) is 0 Å². The van der Waals surface area contributed by atoms with E-state index in [9.17, 15) is 10.2 Å². The van der Waals surface area contributed by atoms with Crippen molar-refractivity contribution in [1.29, 1.82) is 0 Å². The number of benzene rings is 3. The number of fused-ring (bicyclic) bond motifs is 2. The van der Waals surface area contributed by atoms with Crippen LogP contribution in [0.2, 0.25) is 0 Å². The largest absolute Gasteiger partial charge is 0.508 e. The summed E-state index contributed by atoms with van der Waals surface area (Å²) in [6, 6.07) is 19.7. The standard InChI is InChI=1S/C22H20O3/c23-18-13-20(24)19-10-9-17-12-16(7-6-15-4-2-1-3-5-15)8-11-21(17)25-22(19)14-18/h1-5,8,11-14,23-24H,6-7,9-10H2. The molecule has 0 radical (unpaired) electrons. The number of hydrogen-bond donors (Lipinski definition) is 2. The summed E-state index contributed by atoms with van der Waals surface area (Å²) < 4.78 is 5.96. The number of ether oxygens (including phenoxy) is 1. The second kappa shape index (κ2) is 6.52. The van der Waals surface area contributed by atoms with Gasteiger partial charge in [0.1, 0.15) is 23.0 Å². The third-order valence-corrected chi connectivity index (χ3v) is 4.70. The van der Waals surface area contributed by atoms with Crippen molar-refractivity contribution < 1.29 is 14.9 Å². The van der Waals surface area contributed by atoms with Crippen molar-refractivity contribution in [3.05, 3.63) is 82.9 Å². The third-order valence-electron chi connectivity index (χ3n) is 4.70. The fraction of sp³-hybridized carbons (Fsp3) is 0.182. The maximum atomic E-state index is 10.1. The minimum Gasteiger partial charge on any atom is -0.508 e. The molecule has 0 saturated carbocycles. The molecule has 3 heteroatoms. The Bertz CT molecular complexity index is 901. The minimum atomic E-state index is 0.0131. The van der Waals surface area contributed by atoms with Crippen molar-refractivity contribution in [3.63, 3.8) is 0 Å². The molecule has 1 heterocycles. The molecular formula is C22H20O3. The van der Waals surface area contributed by atoms with Crippen LogP contribution >= 0.6 is 0 Å². The van der Waals surface area contributed by atoms with E-state index < -0.39 is 0 Å². The summed E-state index contributed by atoms with van der Waals surface area (Å²) in [7, 11) is 0. The molecule has 2 N–H and O–H groups in total. The van der Waals surface area contributed by atoms with Gasteiger partial charge in [-0.3, -0.25) is 0 Å². The maximum absolute atomic E-state index is 10.1. The molecule has 3 aromatic rings. The van der Waals surface area contributed by atoms with Gasteiger partial charge in [-0.1, -0.05) is 42.5 Å². The lowest BCUT2D eigenvalue weighted by Crippen LogP contribution is -1.95. The number of hydrogen-bond acceptors (Lipinski definition) is 3. The molecule has 0 aliphatic carbocycles. The van der Waals surface area contributed by atoms with E-state index >= 15 is 0 Å². The van der Waals surface area contributed by atoms with Crippen molar-refractivity contribution in [1.82, 2.24) is 0 Å². The quantitative estimate of drug-likeness (QED) is 0.726. The van der Waals surface area contributed by atoms with Crippen molar-refractivity contribution in [2.45, 2.75) is 25.7 Å². The van der Waals surface area contributed by atoms with E-state index in [4.69, 9.17) is 4.74 Å². The van der Waals surface area contributed by atoms with Crippen molar-refractivity contribution in [2.24, 2.45) is 0 Å². The van der Waals surface area contributed by atoms with Gasteiger partial charge in [0.15, 0.2) is 0 Å². The van der Waals surface area contributed by atoms with Crippen molar-refractivity contribution >= 4 is 0 Å². The predicted octanol–water partition coefficient (Wildman–Crippen LogP) is 4.77. The Balaban J connectivity index is 1.56. The van der Waals surface area contributed by atoms with E-state index in [1.165, 1.54) is 17.2 Å². The molecule has 25 heavy (non-hydrogen) atoms. The first-order valence-electron chi connectivity index (χ1n) is 8.57. The summed E-state index contributed by atoms with van der Waals surface area (Å²) in [4.78, 5) is 0. The Labute approximate surface area is 147 Å². The van der Waals surface area contributed by atoms with Crippen LogP contribution in [0.3, 0.4) is 0 Å². The van der Waals surface area contributed by atoms with Crippen LogP contribution < -0.4 is 4.74 Å². The Morgan fingerprint density at radius 2 is 1.56 bits per heavy atom. The van der Waals surface area contributed by atoms with Gasteiger partial charge in [0, 0.05) is 17.7 Å². The lowest BCUT2D eigenvalue weighted by atomic mass is 9.99. The number of phenols is 2. The first-order valence-corrected chi connectivity index (χ1v) is 8.57. The highest BCUT2D eigenvalue weighted by atomic mass is 16.5. The zero-order chi connectivity index (χ0) is 17.2. The third kappa shape index (κ3) is 3.31. The summed E-state index contributed by atoms with van der Waals surface area (Å²) in [5.41, 5.74) is 4.51. The zero-order valence-corrected chi connectivity index (χ0v) is 13.9. The van der Waals surface area contributed by atoms with Crippen LogP contribution in [-0.2, 0) is 25.7 Å². The highest BCUT2D eigenvalue weighted by molar-refractivity contribution is 5.54. The Morgan fingerprint density at radius 3 is 2.40 bits per heavy atom. The van der Waals surface area contributed by atoms with Crippen LogP contribution in [0.4, 0.5) is 0 Å². The van der Waals surface area contributed by atoms with E-state index in [2.05, 4.69) is 36.4 Å².